The number of benzene rings is 1. The first kappa shape index (κ1) is 18.2. The molecule has 0 bridgehead atoms. The topological polar surface area (TPSA) is 63.5 Å². The summed E-state index contributed by atoms with van der Waals surface area (Å²) in [4.78, 5) is 27.0. The summed E-state index contributed by atoms with van der Waals surface area (Å²) in [6.07, 6.45) is 4.75. The highest BCUT2D eigenvalue weighted by molar-refractivity contribution is 6.14. The van der Waals surface area contributed by atoms with E-state index in [9.17, 15) is 4.79 Å². The Bertz CT molecular complexity index is 1080. The third-order valence-electron chi connectivity index (χ3n) is 6.11. The third-order valence-corrected chi connectivity index (χ3v) is 6.11. The van der Waals surface area contributed by atoms with Crippen LogP contribution < -0.4 is 9.80 Å². The molecule has 152 valence electrons. The maximum absolute atomic E-state index is 12.3. The van der Waals surface area contributed by atoms with E-state index in [1.807, 2.05) is 32.2 Å². The molecule has 0 saturated carbocycles. The van der Waals surface area contributed by atoms with Gasteiger partial charge in [-0.25, -0.2) is 4.79 Å². The Morgan fingerprint density at radius 1 is 1.03 bits per heavy atom. The maximum atomic E-state index is 12.3. The molecule has 0 unspecified atom stereocenters. The number of hydrogen-bond acceptors (Lipinski definition) is 6. The van der Waals surface area contributed by atoms with Gasteiger partial charge in [0.25, 0.3) is 0 Å². The van der Waals surface area contributed by atoms with Gasteiger partial charge in [0.05, 0.1) is 23.1 Å². The molecule has 1 aromatic carbocycles. The lowest BCUT2D eigenvalue weighted by Crippen LogP contribution is -2.24. The van der Waals surface area contributed by atoms with E-state index in [-0.39, 0.29) is 5.97 Å². The fourth-order valence-corrected chi connectivity index (χ4v) is 4.61. The van der Waals surface area contributed by atoms with E-state index >= 15 is 0 Å². The molecular weight excluding hydrogens is 366 g/mol. The smallest absolute Gasteiger partial charge is 0.338 e. The quantitative estimate of drug-likeness (QED) is 0.632. The summed E-state index contributed by atoms with van der Waals surface area (Å²) < 4.78 is 7.34. The van der Waals surface area contributed by atoms with Crippen LogP contribution in [0.5, 0.6) is 0 Å². The molecule has 2 aliphatic rings. The van der Waals surface area contributed by atoms with Gasteiger partial charge in [0.2, 0.25) is 5.95 Å². The number of fused-ring (bicyclic) bond motifs is 3. The first-order chi connectivity index (χ1) is 14.2. The predicted octanol–water partition coefficient (Wildman–Crippen LogP) is 3.50. The van der Waals surface area contributed by atoms with Crippen LogP contribution in [0.1, 0.15) is 43.0 Å². The molecule has 0 N–H and O–H groups in total. The average molecular weight is 393 g/mol. The number of carbonyl (C=O) groups is 1. The Morgan fingerprint density at radius 3 is 2.41 bits per heavy atom. The van der Waals surface area contributed by atoms with Crippen molar-refractivity contribution in [2.45, 2.75) is 32.6 Å². The number of carbonyl (C=O) groups excluding carboxylic acids is 1. The van der Waals surface area contributed by atoms with Crippen molar-refractivity contribution in [1.29, 1.82) is 0 Å². The molecule has 2 aliphatic heterocycles. The van der Waals surface area contributed by atoms with Gasteiger partial charge in [0.1, 0.15) is 11.5 Å². The Morgan fingerprint density at radius 2 is 1.72 bits per heavy atom. The van der Waals surface area contributed by atoms with Crippen LogP contribution in [-0.4, -0.2) is 53.3 Å². The molecule has 3 aromatic rings. The summed E-state index contributed by atoms with van der Waals surface area (Å²) in [7, 11) is 2.04. The van der Waals surface area contributed by atoms with Crippen LogP contribution in [0, 0.1) is 0 Å². The van der Waals surface area contributed by atoms with Gasteiger partial charge < -0.3 is 19.1 Å². The van der Waals surface area contributed by atoms with Crippen LogP contribution in [0.3, 0.4) is 0 Å². The highest BCUT2D eigenvalue weighted by Gasteiger charge is 2.25. The molecule has 2 fully saturated rings. The second-order valence-electron chi connectivity index (χ2n) is 7.95. The lowest BCUT2D eigenvalue weighted by molar-refractivity contribution is 0.0526. The Balaban J connectivity index is 1.76. The fourth-order valence-electron chi connectivity index (χ4n) is 4.61. The lowest BCUT2D eigenvalue weighted by Gasteiger charge is -2.21. The lowest BCUT2D eigenvalue weighted by atomic mass is 10.1. The highest BCUT2D eigenvalue weighted by Crippen LogP contribution is 2.37. The van der Waals surface area contributed by atoms with Crippen molar-refractivity contribution < 1.29 is 9.53 Å². The summed E-state index contributed by atoms with van der Waals surface area (Å²) in [6.45, 7) is 6.25. The first-order valence-electron chi connectivity index (χ1n) is 10.6. The number of ether oxygens (including phenoxy) is 1. The Kier molecular flexibility index (Phi) is 4.53. The van der Waals surface area contributed by atoms with Crippen LogP contribution in [0.15, 0.2) is 18.2 Å². The van der Waals surface area contributed by atoms with Crippen molar-refractivity contribution in [3.05, 3.63) is 23.8 Å². The minimum atomic E-state index is -0.288. The minimum Gasteiger partial charge on any atom is -0.462 e. The summed E-state index contributed by atoms with van der Waals surface area (Å²) in [5.41, 5.74) is 2.56. The molecule has 0 spiro atoms. The molecular formula is C22H27N5O2. The largest absolute Gasteiger partial charge is 0.462 e. The zero-order chi connectivity index (χ0) is 20.0. The molecule has 0 atom stereocenters. The molecule has 0 amide bonds. The molecule has 2 aromatic heterocycles. The molecule has 2 saturated heterocycles. The average Bonchev–Trinajstić information content (AvgIpc) is 3.49. The number of nitrogens with zero attached hydrogens (tertiary/aromatic N) is 5. The van der Waals surface area contributed by atoms with Gasteiger partial charge in [-0.15, -0.1) is 0 Å². The minimum absolute atomic E-state index is 0.288. The van der Waals surface area contributed by atoms with E-state index in [1.165, 1.54) is 25.7 Å². The first-order valence-corrected chi connectivity index (χ1v) is 10.6. The highest BCUT2D eigenvalue weighted by atomic mass is 16.5. The van der Waals surface area contributed by atoms with Gasteiger partial charge in [-0.2, -0.15) is 9.97 Å². The van der Waals surface area contributed by atoms with Crippen molar-refractivity contribution in [2.24, 2.45) is 7.05 Å². The van der Waals surface area contributed by atoms with E-state index in [2.05, 4.69) is 14.4 Å². The van der Waals surface area contributed by atoms with E-state index < -0.39 is 0 Å². The van der Waals surface area contributed by atoms with Crippen LogP contribution >= 0.6 is 0 Å². The summed E-state index contributed by atoms with van der Waals surface area (Å²) in [5.74, 6) is 1.54. The van der Waals surface area contributed by atoms with Gasteiger partial charge in [-0.3, -0.25) is 0 Å². The Hall–Kier alpha value is -2.83. The Labute approximate surface area is 170 Å². The number of esters is 1. The zero-order valence-electron chi connectivity index (χ0n) is 17.1. The molecule has 5 rings (SSSR count). The van der Waals surface area contributed by atoms with Gasteiger partial charge in [0, 0.05) is 38.6 Å². The van der Waals surface area contributed by atoms with Gasteiger partial charge in [-0.1, -0.05) is 0 Å². The van der Waals surface area contributed by atoms with Crippen LogP contribution in [-0.2, 0) is 11.8 Å². The van der Waals surface area contributed by atoms with Gasteiger partial charge in [-0.05, 0) is 50.8 Å². The fraction of sp³-hybridized carbons (Fsp3) is 0.500. The summed E-state index contributed by atoms with van der Waals surface area (Å²) >= 11 is 0. The van der Waals surface area contributed by atoms with E-state index in [0.717, 1.165) is 59.9 Å². The van der Waals surface area contributed by atoms with Gasteiger partial charge >= 0.3 is 5.97 Å². The number of aromatic nitrogens is 3. The number of aryl methyl sites for hydroxylation is 1. The number of hydrogen-bond donors (Lipinski definition) is 0. The van der Waals surface area contributed by atoms with Crippen molar-refractivity contribution in [3.63, 3.8) is 0 Å². The van der Waals surface area contributed by atoms with Crippen LogP contribution in [0.2, 0.25) is 0 Å². The SMILES string of the molecule is CCOC(=O)c1ccc2c(c1)c1c(N3CCCC3)nc(N3CCCC3)nc1n2C. The maximum Gasteiger partial charge on any atom is 0.338 e. The molecule has 0 radical (unpaired) electrons. The van der Waals surface area contributed by atoms with Crippen molar-refractivity contribution in [3.8, 4) is 0 Å². The predicted molar refractivity (Wildman–Crippen MR) is 115 cm³/mol. The number of anilines is 2. The summed E-state index contributed by atoms with van der Waals surface area (Å²) in [5, 5.41) is 2.06. The third kappa shape index (κ3) is 2.99. The van der Waals surface area contributed by atoms with E-state index in [0.29, 0.717) is 12.2 Å². The number of rotatable bonds is 4. The standard InChI is InChI=1S/C22H27N5O2/c1-3-29-21(28)15-8-9-17-16(14-15)18-19(25(17)2)23-22(27-12-6-7-13-27)24-20(18)26-10-4-5-11-26/h8-9,14H,3-7,10-13H2,1-2H3. The monoisotopic (exact) mass is 393 g/mol. The second-order valence-corrected chi connectivity index (χ2v) is 7.95. The second kappa shape index (κ2) is 7.21. The van der Waals surface area contributed by atoms with Crippen molar-refractivity contribution in [2.75, 3.05) is 42.6 Å². The molecule has 7 heteroatoms. The molecule has 29 heavy (non-hydrogen) atoms. The molecule has 0 aliphatic carbocycles. The van der Waals surface area contributed by atoms with Crippen LogP contribution in [0.4, 0.5) is 11.8 Å². The van der Waals surface area contributed by atoms with Crippen molar-refractivity contribution >= 4 is 39.7 Å². The van der Waals surface area contributed by atoms with Crippen molar-refractivity contribution in [1.82, 2.24) is 14.5 Å². The molecule has 7 nitrogen and oxygen atoms in total. The van der Waals surface area contributed by atoms with Crippen LogP contribution in [0.25, 0.3) is 21.9 Å². The van der Waals surface area contributed by atoms with Gasteiger partial charge in [0.15, 0.2) is 0 Å². The van der Waals surface area contributed by atoms with E-state index in [1.54, 1.807) is 0 Å². The molecule has 4 heterocycles. The summed E-state index contributed by atoms with van der Waals surface area (Å²) in [6, 6.07) is 5.77. The normalized spacial score (nSPS) is 17.0. The van der Waals surface area contributed by atoms with E-state index in [4.69, 9.17) is 14.7 Å². The zero-order valence-corrected chi connectivity index (χ0v) is 17.1.